The molecule has 0 fully saturated rings. The minimum atomic E-state index is -0.198. The van der Waals surface area contributed by atoms with E-state index in [1.807, 2.05) is 6.07 Å². The first-order valence-corrected chi connectivity index (χ1v) is 8.81. The molecule has 2 aromatic carbocycles. The van der Waals surface area contributed by atoms with Crippen molar-refractivity contribution >= 4 is 39.9 Å². The molecule has 7 nitrogen and oxygen atoms in total. The number of carbonyl (C=O) groups is 2. The Hall–Kier alpha value is -3.19. The van der Waals surface area contributed by atoms with E-state index in [1.165, 1.54) is 0 Å². The molecule has 2 amide bonds. The molecule has 140 valence electrons. The number of fused-ring (bicyclic) bond motifs is 2. The van der Waals surface area contributed by atoms with E-state index in [4.69, 9.17) is 10.3 Å². The average Bonchev–Trinajstić information content (AvgIpc) is 2.70. The number of nitrogens with zero attached hydrogens (tertiary/aromatic N) is 1. The van der Waals surface area contributed by atoms with Crippen LogP contribution in [0.3, 0.4) is 0 Å². The summed E-state index contributed by atoms with van der Waals surface area (Å²) in [4.78, 5) is 36.9. The highest BCUT2D eigenvalue weighted by Crippen LogP contribution is 2.23. The summed E-state index contributed by atoms with van der Waals surface area (Å²) in [5, 5.41) is 0.954. The lowest BCUT2D eigenvalue weighted by molar-refractivity contribution is -0.121. The van der Waals surface area contributed by atoms with Gasteiger partial charge in [-0.15, -0.1) is 0 Å². The SMILES string of the molecule is NNC(=O)CCCCCN(C=O)c1ccc2oc3ccccc3c(=O)c2c1. The number of carbonyl (C=O) groups excluding carboxylic acids is 2. The minimum Gasteiger partial charge on any atom is -0.456 e. The Kier molecular flexibility index (Phi) is 5.83. The van der Waals surface area contributed by atoms with E-state index in [2.05, 4.69) is 5.43 Å². The number of hydrogen-bond donors (Lipinski definition) is 2. The summed E-state index contributed by atoms with van der Waals surface area (Å²) in [6.07, 6.45) is 3.33. The Bertz CT molecular complexity index is 1030. The van der Waals surface area contributed by atoms with Crippen LogP contribution in [0.5, 0.6) is 0 Å². The maximum absolute atomic E-state index is 12.7. The van der Waals surface area contributed by atoms with Crippen molar-refractivity contribution < 1.29 is 14.0 Å². The van der Waals surface area contributed by atoms with Crippen LogP contribution in [0, 0.1) is 0 Å². The molecule has 0 saturated carbocycles. The second-order valence-electron chi connectivity index (χ2n) is 6.28. The van der Waals surface area contributed by atoms with Gasteiger partial charge >= 0.3 is 0 Å². The van der Waals surface area contributed by atoms with Gasteiger partial charge in [0.05, 0.1) is 10.8 Å². The first kappa shape index (κ1) is 18.6. The maximum Gasteiger partial charge on any atom is 0.233 e. The quantitative estimate of drug-likeness (QED) is 0.159. The van der Waals surface area contributed by atoms with Crippen LogP contribution in [-0.2, 0) is 9.59 Å². The predicted octanol–water partition coefficient (Wildman–Crippen LogP) is 2.46. The molecule has 0 unspecified atom stereocenters. The average molecular weight is 367 g/mol. The van der Waals surface area contributed by atoms with Crippen LogP contribution in [0.4, 0.5) is 5.69 Å². The van der Waals surface area contributed by atoms with Crippen LogP contribution in [0.15, 0.2) is 51.7 Å². The summed E-state index contributed by atoms with van der Waals surface area (Å²) in [6, 6.07) is 12.2. The predicted molar refractivity (Wildman–Crippen MR) is 104 cm³/mol. The van der Waals surface area contributed by atoms with Gasteiger partial charge in [-0.25, -0.2) is 5.84 Å². The summed E-state index contributed by atoms with van der Waals surface area (Å²) in [6.45, 7) is 0.498. The van der Waals surface area contributed by atoms with E-state index in [0.29, 0.717) is 47.0 Å². The third kappa shape index (κ3) is 4.15. The molecule has 0 saturated heterocycles. The number of benzene rings is 2. The molecule has 1 aromatic heterocycles. The first-order valence-electron chi connectivity index (χ1n) is 8.81. The highest BCUT2D eigenvalue weighted by Gasteiger charge is 2.11. The van der Waals surface area contributed by atoms with E-state index in [9.17, 15) is 14.4 Å². The Morgan fingerprint density at radius 1 is 1.07 bits per heavy atom. The van der Waals surface area contributed by atoms with Crippen molar-refractivity contribution in [1.82, 2.24) is 5.43 Å². The Labute approximate surface area is 155 Å². The molecule has 0 atom stereocenters. The minimum absolute atomic E-state index is 0.118. The van der Waals surface area contributed by atoms with Gasteiger partial charge in [-0.1, -0.05) is 18.6 Å². The van der Waals surface area contributed by atoms with Crippen LogP contribution in [-0.4, -0.2) is 18.9 Å². The van der Waals surface area contributed by atoms with E-state index in [-0.39, 0.29) is 11.3 Å². The number of hydrogen-bond acceptors (Lipinski definition) is 5. The molecule has 1 heterocycles. The topological polar surface area (TPSA) is 106 Å². The first-order chi connectivity index (χ1) is 13.1. The van der Waals surface area contributed by atoms with Crippen LogP contribution in [0.1, 0.15) is 25.7 Å². The molecule has 0 aliphatic heterocycles. The van der Waals surface area contributed by atoms with Crippen LogP contribution in [0.2, 0.25) is 0 Å². The fourth-order valence-electron chi connectivity index (χ4n) is 3.03. The summed E-state index contributed by atoms with van der Waals surface area (Å²) < 4.78 is 5.79. The number of para-hydroxylation sites is 1. The lowest BCUT2D eigenvalue weighted by Crippen LogP contribution is -2.29. The summed E-state index contributed by atoms with van der Waals surface area (Å²) in [5.41, 5.74) is 3.64. The number of nitrogens with one attached hydrogen (secondary N) is 1. The largest absolute Gasteiger partial charge is 0.456 e. The van der Waals surface area contributed by atoms with Gasteiger partial charge in [0.2, 0.25) is 17.7 Å². The standard InChI is InChI=1S/C20H21N3O4/c21-22-19(25)8-2-1-5-11-23(13-24)14-9-10-18-16(12-14)20(26)15-6-3-4-7-17(15)27-18/h3-4,6-7,9-10,12-13H,1-2,5,8,11,21H2,(H,22,25). The van der Waals surface area contributed by atoms with Crippen molar-refractivity contribution in [3.8, 4) is 0 Å². The summed E-state index contributed by atoms with van der Waals surface area (Å²) >= 11 is 0. The van der Waals surface area contributed by atoms with Gasteiger partial charge in [0, 0.05) is 18.7 Å². The van der Waals surface area contributed by atoms with Crippen LogP contribution >= 0.6 is 0 Å². The van der Waals surface area contributed by atoms with Gasteiger partial charge < -0.3 is 9.32 Å². The Balaban J connectivity index is 1.77. The second kappa shape index (κ2) is 8.46. The van der Waals surface area contributed by atoms with Crippen molar-refractivity contribution in [3.05, 3.63) is 52.7 Å². The molecule has 0 bridgehead atoms. The van der Waals surface area contributed by atoms with Crippen molar-refractivity contribution in [3.63, 3.8) is 0 Å². The maximum atomic E-state index is 12.7. The molecule has 3 N–H and O–H groups in total. The number of nitrogens with two attached hydrogens (primary N) is 1. The van der Waals surface area contributed by atoms with Gasteiger partial charge in [0.25, 0.3) is 0 Å². The van der Waals surface area contributed by atoms with Crippen LogP contribution in [0.25, 0.3) is 21.9 Å². The fourth-order valence-corrected chi connectivity index (χ4v) is 3.03. The monoisotopic (exact) mass is 367 g/mol. The van der Waals surface area contributed by atoms with E-state index in [1.54, 1.807) is 41.3 Å². The Morgan fingerprint density at radius 2 is 1.85 bits per heavy atom. The molecule has 0 aliphatic carbocycles. The zero-order chi connectivity index (χ0) is 19.2. The van der Waals surface area contributed by atoms with Gasteiger partial charge in [0.15, 0.2) is 0 Å². The van der Waals surface area contributed by atoms with Gasteiger partial charge in [-0.05, 0) is 43.2 Å². The molecule has 3 aromatic rings. The zero-order valence-electron chi connectivity index (χ0n) is 14.8. The number of amides is 2. The van der Waals surface area contributed by atoms with Crippen molar-refractivity contribution in [2.45, 2.75) is 25.7 Å². The number of rotatable bonds is 8. The van der Waals surface area contributed by atoms with Gasteiger partial charge in [0.1, 0.15) is 11.2 Å². The summed E-state index contributed by atoms with van der Waals surface area (Å²) in [7, 11) is 0. The molecule has 0 radical (unpaired) electrons. The molecular weight excluding hydrogens is 346 g/mol. The van der Waals surface area contributed by atoms with Crippen molar-refractivity contribution in [1.29, 1.82) is 0 Å². The van der Waals surface area contributed by atoms with E-state index in [0.717, 1.165) is 19.3 Å². The second-order valence-corrected chi connectivity index (χ2v) is 6.28. The lowest BCUT2D eigenvalue weighted by atomic mass is 10.1. The van der Waals surface area contributed by atoms with E-state index >= 15 is 0 Å². The molecule has 7 heteroatoms. The number of hydrazine groups is 1. The molecule has 0 aliphatic rings. The lowest BCUT2D eigenvalue weighted by Gasteiger charge is -2.17. The molecule has 27 heavy (non-hydrogen) atoms. The highest BCUT2D eigenvalue weighted by molar-refractivity contribution is 5.92. The highest BCUT2D eigenvalue weighted by atomic mass is 16.3. The fraction of sp³-hybridized carbons (Fsp3) is 0.250. The molecule has 0 spiro atoms. The van der Waals surface area contributed by atoms with Crippen molar-refractivity contribution in [2.75, 3.05) is 11.4 Å². The third-order valence-corrected chi connectivity index (χ3v) is 4.48. The zero-order valence-corrected chi connectivity index (χ0v) is 14.8. The van der Waals surface area contributed by atoms with Gasteiger partial charge in [-0.2, -0.15) is 0 Å². The van der Waals surface area contributed by atoms with Crippen molar-refractivity contribution in [2.24, 2.45) is 5.84 Å². The summed E-state index contributed by atoms with van der Waals surface area (Å²) in [5.74, 6) is 4.84. The third-order valence-electron chi connectivity index (χ3n) is 4.48. The molecule has 3 rings (SSSR count). The smallest absolute Gasteiger partial charge is 0.233 e. The molecular formula is C20H21N3O4. The Morgan fingerprint density at radius 3 is 2.63 bits per heavy atom. The normalized spacial score (nSPS) is 10.9. The number of unbranched alkanes of at least 4 members (excludes halogenated alkanes) is 2. The van der Waals surface area contributed by atoms with Crippen LogP contribution < -0.4 is 21.6 Å². The number of anilines is 1. The van der Waals surface area contributed by atoms with E-state index < -0.39 is 0 Å². The van der Waals surface area contributed by atoms with Gasteiger partial charge in [-0.3, -0.25) is 19.8 Å².